The molecule has 1 aromatic rings. The van der Waals surface area contributed by atoms with Crippen molar-refractivity contribution in [2.45, 2.75) is 6.92 Å². The first kappa shape index (κ1) is 7.59. The van der Waals surface area contributed by atoms with Gasteiger partial charge in [0.2, 0.25) is 0 Å². The number of esters is 1. The van der Waals surface area contributed by atoms with Gasteiger partial charge in [0.05, 0.1) is 13.3 Å². The van der Waals surface area contributed by atoms with Crippen LogP contribution < -0.4 is 5.84 Å². The second-order valence-electron chi connectivity index (χ2n) is 2.13. The summed E-state index contributed by atoms with van der Waals surface area (Å²) >= 11 is 0. The monoisotopic (exact) mass is 155 g/mol. The molecular weight excluding hydrogens is 146 g/mol. The number of carbonyl (C=O) groups is 1. The van der Waals surface area contributed by atoms with Crippen molar-refractivity contribution in [1.82, 2.24) is 9.89 Å². The lowest BCUT2D eigenvalue weighted by Crippen LogP contribution is -2.10. The van der Waals surface area contributed by atoms with Crippen LogP contribution in [0.2, 0.25) is 0 Å². The van der Waals surface area contributed by atoms with Gasteiger partial charge in [0, 0.05) is 5.56 Å². The second kappa shape index (κ2) is 2.61. The molecule has 5 heteroatoms. The van der Waals surface area contributed by atoms with E-state index in [9.17, 15) is 4.79 Å². The van der Waals surface area contributed by atoms with Crippen LogP contribution in [0.15, 0.2) is 6.20 Å². The maximum atomic E-state index is 10.9. The summed E-state index contributed by atoms with van der Waals surface area (Å²) in [5, 5.41) is 3.70. The van der Waals surface area contributed by atoms with Gasteiger partial charge in [-0.3, -0.25) is 0 Å². The highest BCUT2D eigenvalue weighted by Gasteiger charge is 2.12. The number of rotatable bonds is 1. The molecule has 60 valence electrons. The maximum absolute atomic E-state index is 10.9. The van der Waals surface area contributed by atoms with E-state index in [4.69, 9.17) is 5.84 Å². The summed E-state index contributed by atoms with van der Waals surface area (Å²) < 4.78 is 4.46. The average molecular weight is 155 g/mol. The molecule has 2 N–H and O–H groups in total. The van der Waals surface area contributed by atoms with E-state index < -0.39 is 5.97 Å². The number of hydrogen-bond acceptors (Lipinski definition) is 4. The molecule has 1 aromatic heterocycles. The third-order valence-corrected chi connectivity index (χ3v) is 1.29. The van der Waals surface area contributed by atoms with Gasteiger partial charge in [-0.2, -0.15) is 4.79 Å². The zero-order chi connectivity index (χ0) is 8.43. The number of nitrogens with zero attached hydrogens (tertiary/aromatic N) is 2. The van der Waals surface area contributed by atoms with Crippen molar-refractivity contribution >= 4 is 5.97 Å². The summed E-state index contributed by atoms with van der Waals surface area (Å²) in [6.45, 7) is 1.74. The Labute approximate surface area is 63.7 Å². The van der Waals surface area contributed by atoms with Crippen LogP contribution in [0.1, 0.15) is 16.1 Å². The Hall–Kier alpha value is -1.52. The summed E-state index contributed by atoms with van der Waals surface area (Å²) in [5.41, 5.74) is 0.967. The van der Waals surface area contributed by atoms with Crippen molar-refractivity contribution in [3.05, 3.63) is 17.5 Å². The van der Waals surface area contributed by atoms with Crippen molar-refractivity contribution in [3.8, 4) is 0 Å². The van der Waals surface area contributed by atoms with Crippen LogP contribution in [0.3, 0.4) is 0 Å². The minimum absolute atomic E-state index is 0.259. The predicted octanol–water partition coefficient (Wildman–Crippen LogP) is -0.308. The zero-order valence-electron chi connectivity index (χ0n) is 6.37. The zero-order valence-corrected chi connectivity index (χ0v) is 6.37. The number of carbonyl (C=O) groups excluding carboxylic acids is 1. The van der Waals surface area contributed by atoms with Gasteiger partial charge in [-0.1, -0.05) is 0 Å². The minimum atomic E-state index is -0.466. The summed E-state index contributed by atoms with van der Waals surface area (Å²) in [6.07, 6.45) is 1.55. The molecule has 0 radical (unpaired) electrons. The highest BCUT2D eigenvalue weighted by molar-refractivity contribution is 5.88. The third kappa shape index (κ3) is 1.31. The Balaban J connectivity index is 3.03. The Morgan fingerprint density at radius 1 is 1.82 bits per heavy atom. The summed E-state index contributed by atoms with van der Waals surface area (Å²) in [7, 11) is 1.30. The third-order valence-electron chi connectivity index (χ3n) is 1.29. The lowest BCUT2D eigenvalue weighted by atomic mass is 10.3. The lowest BCUT2D eigenvalue weighted by Gasteiger charge is -1.92. The van der Waals surface area contributed by atoms with E-state index in [1.165, 1.54) is 7.11 Å². The Kier molecular flexibility index (Phi) is 1.80. The summed E-state index contributed by atoms with van der Waals surface area (Å²) in [5.74, 6) is 4.80. The molecule has 0 saturated heterocycles. The van der Waals surface area contributed by atoms with Crippen molar-refractivity contribution in [2.75, 3.05) is 13.0 Å². The number of hydrogen-bond donors (Lipinski definition) is 1. The quantitative estimate of drug-likeness (QED) is 0.446. The molecule has 0 aliphatic rings. The topological polar surface area (TPSA) is 70.1 Å². The van der Waals surface area contributed by atoms with Crippen LogP contribution in [0.5, 0.6) is 0 Å². The highest BCUT2D eigenvalue weighted by Crippen LogP contribution is 2.03. The number of nitrogens with two attached hydrogens (primary N) is 1. The fourth-order valence-corrected chi connectivity index (χ4v) is 0.781. The van der Waals surface area contributed by atoms with Gasteiger partial charge in [-0.05, 0) is 6.92 Å². The van der Waals surface area contributed by atoms with Crippen LogP contribution in [0, 0.1) is 6.92 Å². The van der Waals surface area contributed by atoms with E-state index in [0.29, 0.717) is 5.56 Å². The molecule has 0 aromatic carbocycles. The minimum Gasteiger partial charge on any atom is -0.464 e. The summed E-state index contributed by atoms with van der Waals surface area (Å²) in [4.78, 5) is 12.0. The molecule has 0 unspecified atom stereocenters. The fraction of sp³-hybridized carbons (Fsp3) is 0.333. The fourth-order valence-electron chi connectivity index (χ4n) is 0.781. The molecule has 11 heavy (non-hydrogen) atoms. The first-order valence-corrected chi connectivity index (χ1v) is 3.05. The molecule has 0 fully saturated rings. The van der Waals surface area contributed by atoms with Crippen LogP contribution in [0.4, 0.5) is 0 Å². The van der Waals surface area contributed by atoms with Gasteiger partial charge >= 0.3 is 5.97 Å². The van der Waals surface area contributed by atoms with Gasteiger partial charge in [0.25, 0.3) is 0 Å². The van der Waals surface area contributed by atoms with Crippen molar-refractivity contribution in [1.29, 1.82) is 0 Å². The normalized spacial score (nSPS) is 9.64. The predicted molar refractivity (Wildman–Crippen MR) is 38.5 cm³/mol. The smallest absolute Gasteiger partial charge is 0.358 e. The van der Waals surface area contributed by atoms with E-state index in [1.54, 1.807) is 13.1 Å². The van der Waals surface area contributed by atoms with E-state index in [0.717, 1.165) is 4.79 Å². The van der Waals surface area contributed by atoms with E-state index in [1.807, 2.05) is 0 Å². The highest BCUT2D eigenvalue weighted by atomic mass is 16.5. The first-order chi connectivity index (χ1) is 5.15. The first-order valence-electron chi connectivity index (χ1n) is 3.05. The lowest BCUT2D eigenvalue weighted by molar-refractivity contribution is 0.0592. The standard InChI is InChI=1S/C6H9N3O2/c1-4-3-9(7)8-5(4)6(10)11-2/h3H,7H2,1-2H3. The number of nitrogen functional groups attached to an aromatic ring is 1. The molecule has 1 heterocycles. The van der Waals surface area contributed by atoms with Crippen molar-refractivity contribution in [3.63, 3.8) is 0 Å². The number of ether oxygens (including phenoxy) is 1. The van der Waals surface area contributed by atoms with Crippen LogP contribution in [-0.2, 0) is 4.74 Å². The largest absolute Gasteiger partial charge is 0.464 e. The van der Waals surface area contributed by atoms with Gasteiger partial charge in [0.15, 0.2) is 5.69 Å². The number of methoxy groups -OCH3 is 1. The molecule has 0 aliphatic heterocycles. The molecule has 0 atom stereocenters. The van der Waals surface area contributed by atoms with Gasteiger partial charge in [-0.15, -0.1) is 5.10 Å². The van der Waals surface area contributed by atoms with Crippen LogP contribution in [-0.4, -0.2) is 23.0 Å². The van der Waals surface area contributed by atoms with E-state index in [-0.39, 0.29) is 5.69 Å². The number of aryl methyl sites for hydroxylation is 1. The molecule has 0 aliphatic carbocycles. The molecule has 0 saturated carbocycles. The maximum Gasteiger partial charge on any atom is 0.358 e. The van der Waals surface area contributed by atoms with Crippen LogP contribution in [0.25, 0.3) is 0 Å². The molecule has 5 nitrogen and oxygen atoms in total. The average Bonchev–Trinajstić information content (AvgIpc) is 2.28. The van der Waals surface area contributed by atoms with Crippen molar-refractivity contribution < 1.29 is 9.53 Å². The van der Waals surface area contributed by atoms with E-state index >= 15 is 0 Å². The molecular formula is C6H9N3O2. The van der Waals surface area contributed by atoms with Crippen LogP contribution >= 0.6 is 0 Å². The SMILES string of the molecule is COC(=O)c1nn(N)cc1C. The molecule has 0 spiro atoms. The molecule has 0 bridgehead atoms. The second-order valence-corrected chi connectivity index (χ2v) is 2.13. The molecule has 1 rings (SSSR count). The van der Waals surface area contributed by atoms with Gasteiger partial charge in [-0.25, -0.2) is 4.79 Å². The van der Waals surface area contributed by atoms with Crippen molar-refractivity contribution in [2.24, 2.45) is 0 Å². The Morgan fingerprint density at radius 3 is 2.82 bits per heavy atom. The van der Waals surface area contributed by atoms with Gasteiger partial charge < -0.3 is 10.6 Å². The van der Waals surface area contributed by atoms with E-state index in [2.05, 4.69) is 9.84 Å². The summed E-state index contributed by atoms with van der Waals surface area (Å²) in [6, 6.07) is 0. The Morgan fingerprint density at radius 2 is 2.45 bits per heavy atom. The number of aromatic nitrogens is 2. The van der Waals surface area contributed by atoms with Gasteiger partial charge in [0.1, 0.15) is 0 Å². The Bertz CT molecular complexity index is 279. The molecule has 0 amide bonds.